The van der Waals surface area contributed by atoms with Gasteiger partial charge in [0.15, 0.2) is 5.84 Å². The second kappa shape index (κ2) is 7.77. The predicted molar refractivity (Wildman–Crippen MR) is 115 cm³/mol. The Labute approximate surface area is 180 Å². The number of anilines is 1. The molecule has 0 aromatic heterocycles. The highest BCUT2D eigenvalue weighted by Gasteiger charge is 2.42. The van der Waals surface area contributed by atoms with Crippen molar-refractivity contribution < 1.29 is 22.8 Å². The Hall–Kier alpha value is -3.27. The van der Waals surface area contributed by atoms with Crippen molar-refractivity contribution >= 4 is 39.3 Å². The largest absolute Gasteiger partial charge is 0.331 e. The number of hydrogen-bond donors (Lipinski definition) is 2. The first-order chi connectivity index (χ1) is 14.7. The molecule has 1 aromatic carbocycles. The number of carbonyl (C=O) groups is 3. The van der Waals surface area contributed by atoms with E-state index >= 15 is 0 Å². The number of amidine groups is 1. The number of imide groups is 1. The van der Waals surface area contributed by atoms with Gasteiger partial charge in [-0.3, -0.25) is 19.7 Å². The average Bonchev–Trinajstić information content (AvgIpc) is 2.74. The Morgan fingerprint density at radius 1 is 1.26 bits per heavy atom. The van der Waals surface area contributed by atoms with Crippen molar-refractivity contribution in [2.75, 3.05) is 17.6 Å². The van der Waals surface area contributed by atoms with Gasteiger partial charge in [0, 0.05) is 24.9 Å². The summed E-state index contributed by atoms with van der Waals surface area (Å²) in [5.74, 6) is -1.05. The zero-order valence-electron chi connectivity index (χ0n) is 16.9. The molecule has 162 valence electrons. The third kappa shape index (κ3) is 3.90. The van der Waals surface area contributed by atoms with E-state index in [4.69, 9.17) is 0 Å². The van der Waals surface area contributed by atoms with Gasteiger partial charge in [-0.15, -0.1) is 4.40 Å². The van der Waals surface area contributed by atoms with E-state index in [0.717, 1.165) is 5.56 Å². The lowest BCUT2D eigenvalue weighted by Crippen LogP contribution is -2.51. The molecule has 1 aromatic rings. The van der Waals surface area contributed by atoms with Crippen LogP contribution in [0.25, 0.3) is 0 Å². The zero-order chi connectivity index (χ0) is 22.2. The smallest absolute Gasteiger partial charge is 0.259 e. The summed E-state index contributed by atoms with van der Waals surface area (Å²) in [5.41, 5.74) is 0.643. The summed E-state index contributed by atoms with van der Waals surface area (Å²) in [5, 5.41) is 5.17. The Morgan fingerprint density at radius 2 is 2.00 bits per heavy atom. The Bertz CT molecular complexity index is 1150. The summed E-state index contributed by atoms with van der Waals surface area (Å²) in [6.45, 7) is 2.14. The zero-order valence-corrected chi connectivity index (χ0v) is 17.7. The van der Waals surface area contributed by atoms with Gasteiger partial charge in [0.05, 0.1) is 16.7 Å². The topological polar surface area (TPSA) is 125 Å². The van der Waals surface area contributed by atoms with Gasteiger partial charge in [-0.05, 0) is 42.7 Å². The maximum absolute atomic E-state index is 12.8. The number of piperidine rings is 1. The van der Waals surface area contributed by atoms with Crippen LogP contribution in [-0.4, -0.2) is 49.2 Å². The Balaban J connectivity index is 1.54. The van der Waals surface area contributed by atoms with E-state index in [1.807, 2.05) is 6.92 Å². The molecule has 1 unspecified atom stereocenters. The van der Waals surface area contributed by atoms with Crippen LogP contribution in [0, 0.1) is 0 Å². The molecule has 0 spiro atoms. The molecule has 10 heteroatoms. The number of hydrogen-bond acceptors (Lipinski definition) is 6. The quantitative estimate of drug-likeness (QED) is 0.675. The number of sulfonamides is 1. The molecule has 9 nitrogen and oxygen atoms in total. The maximum Gasteiger partial charge on any atom is 0.259 e. The van der Waals surface area contributed by atoms with Crippen molar-refractivity contribution in [3.63, 3.8) is 0 Å². The molecule has 1 atom stereocenters. The maximum atomic E-state index is 12.8. The monoisotopic (exact) mass is 442 g/mol. The molecular formula is C21H22N4O5S. The minimum Gasteiger partial charge on any atom is -0.331 e. The van der Waals surface area contributed by atoms with Crippen LogP contribution in [0.2, 0.25) is 0 Å². The molecule has 3 aliphatic heterocycles. The molecule has 4 rings (SSSR count). The van der Waals surface area contributed by atoms with Gasteiger partial charge in [-0.1, -0.05) is 19.1 Å². The van der Waals surface area contributed by atoms with Gasteiger partial charge in [0.25, 0.3) is 15.9 Å². The summed E-state index contributed by atoms with van der Waals surface area (Å²) >= 11 is 0. The van der Waals surface area contributed by atoms with E-state index < -0.39 is 21.3 Å². The number of allylic oxidation sites excluding steroid dienone is 2. The van der Waals surface area contributed by atoms with Crippen LogP contribution >= 0.6 is 0 Å². The molecule has 0 saturated carbocycles. The highest BCUT2D eigenvalue weighted by atomic mass is 32.2. The molecule has 0 bridgehead atoms. The minimum atomic E-state index is -3.60. The summed E-state index contributed by atoms with van der Waals surface area (Å²) < 4.78 is 27.5. The number of amides is 3. The Kier molecular flexibility index (Phi) is 5.26. The standard InChI is InChI=1S/C21H22N4O5S/c1-2-21(10-9-17(26)23-20(21)28)14-5-7-15(8-6-14)22-19(27)16-4-3-11-25-12-13-31(29,30)24-18(16)25/h3-8,11H,2,9-10,12-13H2,1H3,(H,22,27)(H,23,26,28). The lowest BCUT2D eigenvalue weighted by molar-refractivity contribution is -0.138. The van der Waals surface area contributed by atoms with Gasteiger partial charge >= 0.3 is 0 Å². The number of fused-ring (bicyclic) bond motifs is 1. The van der Waals surface area contributed by atoms with Crippen LogP contribution in [0.15, 0.2) is 52.6 Å². The van der Waals surface area contributed by atoms with E-state index in [-0.39, 0.29) is 41.9 Å². The van der Waals surface area contributed by atoms with Crippen molar-refractivity contribution in [1.29, 1.82) is 0 Å². The fraction of sp³-hybridized carbons (Fsp3) is 0.333. The van der Waals surface area contributed by atoms with E-state index in [1.54, 1.807) is 41.4 Å². The highest BCUT2D eigenvalue weighted by Crippen LogP contribution is 2.36. The Morgan fingerprint density at radius 3 is 2.68 bits per heavy atom. The SMILES string of the molecule is CCC1(c2ccc(NC(=O)C3=CC=CN4CCS(=O)(=O)N=C34)cc2)CCC(=O)NC1=O. The summed E-state index contributed by atoms with van der Waals surface area (Å²) in [6.07, 6.45) is 6.13. The van der Waals surface area contributed by atoms with Gasteiger partial charge in [-0.2, -0.15) is 0 Å². The number of nitrogens with zero attached hydrogens (tertiary/aromatic N) is 2. The molecule has 3 heterocycles. The van der Waals surface area contributed by atoms with Crippen LogP contribution in [0.5, 0.6) is 0 Å². The lowest BCUT2D eigenvalue weighted by atomic mass is 9.72. The van der Waals surface area contributed by atoms with Crippen LogP contribution in [0.3, 0.4) is 0 Å². The first kappa shape index (κ1) is 21.0. The second-order valence-corrected chi connectivity index (χ2v) is 9.42. The predicted octanol–water partition coefficient (Wildman–Crippen LogP) is 1.21. The minimum absolute atomic E-state index is 0.102. The highest BCUT2D eigenvalue weighted by molar-refractivity contribution is 7.90. The van der Waals surface area contributed by atoms with Crippen molar-refractivity contribution in [3.05, 3.63) is 53.8 Å². The van der Waals surface area contributed by atoms with Crippen LogP contribution in [-0.2, 0) is 29.8 Å². The second-order valence-electron chi connectivity index (χ2n) is 7.66. The van der Waals surface area contributed by atoms with Gasteiger partial charge in [0.2, 0.25) is 11.8 Å². The number of nitrogens with one attached hydrogen (secondary N) is 2. The molecule has 2 N–H and O–H groups in total. The summed E-state index contributed by atoms with van der Waals surface area (Å²) in [7, 11) is -3.60. The van der Waals surface area contributed by atoms with E-state index in [1.165, 1.54) is 6.08 Å². The van der Waals surface area contributed by atoms with Crippen LogP contribution in [0.1, 0.15) is 31.7 Å². The number of carbonyl (C=O) groups excluding carboxylic acids is 3. The van der Waals surface area contributed by atoms with Crippen LogP contribution < -0.4 is 10.6 Å². The van der Waals surface area contributed by atoms with E-state index in [9.17, 15) is 22.8 Å². The summed E-state index contributed by atoms with van der Waals surface area (Å²) in [4.78, 5) is 38.5. The van der Waals surface area contributed by atoms with Gasteiger partial charge in [0.1, 0.15) is 0 Å². The molecule has 1 fully saturated rings. The molecular weight excluding hydrogens is 420 g/mol. The first-order valence-electron chi connectivity index (χ1n) is 9.98. The average molecular weight is 442 g/mol. The van der Waals surface area contributed by atoms with Gasteiger partial charge in [-0.25, -0.2) is 8.42 Å². The van der Waals surface area contributed by atoms with Crippen molar-refractivity contribution in [2.45, 2.75) is 31.6 Å². The normalized spacial score (nSPS) is 24.6. The number of benzene rings is 1. The molecule has 3 amide bonds. The molecule has 3 aliphatic rings. The molecule has 0 aliphatic carbocycles. The van der Waals surface area contributed by atoms with E-state index in [2.05, 4.69) is 15.0 Å². The van der Waals surface area contributed by atoms with Crippen molar-refractivity contribution in [1.82, 2.24) is 10.2 Å². The molecule has 0 radical (unpaired) electrons. The first-order valence-corrected chi connectivity index (χ1v) is 11.6. The van der Waals surface area contributed by atoms with Crippen molar-refractivity contribution in [3.8, 4) is 0 Å². The lowest BCUT2D eigenvalue weighted by Gasteiger charge is -2.35. The number of rotatable bonds is 4. The fourth-order valence-corrected chi connectivity index (χ4v) is 5.02. The van der Waals surface area contributed by atoms with Gasteiger partial charge < -0.3 is 10.2 Å². The molecule has 1 saturated heterocycles. The fourth-order valence-electron chi connectivity index (χ4n) is 4.03. The molecule has 31 heavy (non-hydrogen) atoms. The van der Waals surface area contributed by atoms with Crippen molar-refractivity contribution in [2.24, 2.45) is 4.40 Å². The van der Waals surface area contributed by atoms with E-state index in [0.29, 0.717) is 18.5 Å². The third-order valence-corrected chi connectivity index (χ3v) is 7.02. The third-order valence-electron chi connectivity index (χ3n) is 5.87. The van der Waals surface area contributed by atoms with Crippen LogP contribution in [0.4, 0.5) is 5.69 Å². The summed E-state index contributed by atoms with van der Waals surface area (Å²) in [6, 6.07) is 6.90.